The molecule has 0 aliphatic carbocycles. The van der Waals surface area contributed by atoms with Gasteiger partial charge in [-0.3, -0.25) is 4.79 Å². The van der Waals surface area contributed by atoms with E-state index >= 15 is 0 Å². The minimum absolute atomic E-state index is 0.0368. The Morgan fingerprint density at radius 1 is 1.21 bits per heavy atom. The van der Waals surface area contributed by atoms with Crippen molar-refractivity contribution in [2.24, 2.45) is 0 Å². The topological polar surface area (TPSA) is 45.8 Å². The van der Waals surface area contributed by atoms with Gasteiger partial charge in [0, 0.05) is 17.5 Å². The molecule has 2 rings (SSSR count). The van der Waals surface area contributed by atoms with Crippen molar-refractivity contribution in [3.63, 3.8) is 0 Å². The van der Waals surface area contributed by atoms with Crippen molar-refractivity contribution < 1.29 is 13.2 Å². The van der Waals surface area contributed by atoms with E-state index in [2.05, 4.69) is 9.97 Å². The molecule has 1 aromatic heterocycles. The summed E-state index contributed by atoms with van der Waals surface area (Å²) < 4.78 is 39.3. The zero-order valence-electron chi connectivity index (χ0n) is 10.4. The van der Waals surface area contributed by atoms with Crippen molar-refractivity contribution in [3.05, 3.63) is 51.3 Å². The van der Waals surface area contributed by atoms with E-state index in [0.29, 0.717) is 12.2 Å². The van der Waals surface area contributed by atoms with E-state index in [0.717, 1.165) is 12.1 Å². The monoisotopic (exact) mass is 268 g/mol. The number of nitrogens with zero attached hydrogens (tertiary/aromatic N) is 1. The fourth-order valence-corrected chi connectivity index (χ4v) is 1.72. The van der Waals surface area contributed by atoms with Gasteiger partial charge in [-0.25, -0.2) is 18.2 Å². The van der Waals surface area contributed by atoms with Crippen molar-refractivity contribution >= 4 is 0 Å². The second kappa shape index (κ2) is 4.87. The summed E-state index contributed by atoms with van der Waals surface area (Å²) in [5.74, 6) is -3.76. The summed E-state index contributed by atoms with van der Waals surface area (Å²) in [5.41, 5.74) is 0.0303. The van der Waals surface area contributed by atoms with Crippen LogP contribution in [0.5, 0.6) is 0 Å². The van der Waals surface area contributed by atoms with Crippen molar-refractivity contribution in [1.29, 1.82) is 0 Å². The van der Waals surface area contributed by atoms with Gasteiger partial charge in [0.15, 0.2) is 17.5 Å². The number of aromatic amines is 1. The molecule has 100 valence electrons. The third-order valence-electron chi connectivity index (χ3n) is 2.79. The fraction of sp³-hybridized carbons (Fsp3) is 0.231. The molecule has 0 aliphatic heterocycles. The third kappa shape index (κ3) is 2.38. The van der Waals surface area contributed by atoms with Crippen LogP contribution in [0.1, 0.15) is 18.3 Å². The summed E-state index contributed by atoms with van der Waals surface area (Å²) in [6, 6.07) is 1.65. The number of H-pyrrole nitrogens is 1. The highest BCUT2D eigenvalue weighted by Crippen LogP contribution is 2.23. The molecule has 0 saturated carbocycles. The Bertz CT molecular complexity index is 672. The average Bonchev–Trinajstić information content (AvgIpc) is 2.38. The maximum absolute atomic E-state index is 13.2. The lowest BCUT2D eigenvalue weighted by Gasteiger charge is -2.07. The molecule has 6 heteroatoms. The highest BCUT2D eigenvalue weighted by molar-refractivity contribution is 5.62. The average molecular weight is 268 g/mol. The van der Waals surface area contributed by atoms with E-state index in [1.807, 2.05) is 0 Å². The first-order chi connectivity index (χ1) is 8.93. The fourth-order valence-electron chi connectivity index (χ4n) is 1.72. The van der Waals surface area contributed by atoms with Crippen molar-refractivity contribution in [2.45, 2.75) is 20.3 Å². The van der Waals surface area contributed by atoms with Crippen LogP contribution in [-0.2, 0) is 6.42 Å². The van der Waals surface area contributed by atoms with Crippen LogP contribution in [0.4, 0.5) is 13.2 Å². The minimum Gasteiger partial charge on any atom is -0.310 e. The Morgan fingerprint density at radius 3 is 2.32 bits per heavy atom. The smallest absolute Gasteiger partial charge is 0.254 e. The first kappa shape index (κ1) is 13.3. The predicted octanol–water partition coefficient (Wildman–Crippen LogP) is 2.73. The number of aryl methyl sites for hydroxylation is 1. The predicted molar refractivity (Wildman–Crippen MR) is 64.3 cm³/mol. The first-order valence-electron chi connectivity index (χ1n) is 5.68. The second-order valence-corrected chi connectivity index (χ2v) is 4.09. The molecule has 1 N–H and O–H groups in total. The maximum atomic E-state index is 13.2. The summed E-state index contributed by atoms with van der Waals surface area (Å²) >= 11 is 0. The number of hydrogen-bond donors (Lipinski definition) is 1. The zero-order chi connectivity index (χ0) is 14.2. The van der Waals surface area contributed by atoms with Crippen LogP contribution in [0.3, 0.4) is 0 Å². The van der Waals surface area contributed by atoms with Crippen LogP contribution in [0.15, 0.2) is 16.9 Å². The molecule has 1 heterocycles. The quantitative estimate of drug-likeness (QED) is 0.851. The van der Waals surface area contributed by atoms with E-state index in [4.69, 9.17) is 0 Å². The molecule has 3 nitrogen and oxygen atoms in total. The molecule has 19 heavy (non-hydrogen) atoms. The largest absolute Gasteiger partial charge is 0.310 e. The SMILES string of the molecule is CCc1nc(-c2cc(F)c(F)c(F)c2)c(C)c(=O)[nH]1. The lowest BCUT2D eigenvalue weighted by molar-refractivity contribution is 0.447. The van der Waals surface area contributed by atoms with Gasteiger partial charge in [-0.2, -0.15) is 0 Å². The van der Waals surface area contributed by atoms with E-state index in [-0.39, 0.29) is 22.4 Å². The standard InChI is InChI=1S/C13H11F3N2O/c1-3-10-17-12(6(2)13(19)18-10)7-4-8(14)11(16)9(15)5-7/h4-5H,3H2,1-2H3,(H,17,18,19). The minimum atomic E-state index is -1.54. The molecular formula is C13H11F3N2O. The Hall–Kier alpha value is -2.11. The van der Waals surface area contributed by atoms with Crippen LogP contribution < -0.4 is 5.56 Å². The number of rotatable bonds is 2. The number of nitrogens with one attached hydrogen (secondary N) is 1. The van der Waals surface area contributed by atoms with E-state index in [1.165, 1.54) is 6.92 Å². The second-order valence-electron chi connectivity index (χ2n) is 4.09. The number of halogens is 3. The van der Waals surface area contributed by atoms with Gasteiger partial charge >= 0.3 is 0 Å². The Labute approximate surface area is 107 Å². The lowest BCUT2D eigenvalue weighted by atomic mass is 10.1. The zero-order valence-corrected chi connectivity index (χ0v) is 10.4. The van der Waals surface area contributed by atoms with E-state index in [9.17, 15) is 18.0 Å². The summed E-state index contributed by atoms with van der Waals surface area (Å²) in [5, 5.41) is 0. The molecular weight excluding hydrogens is 257 g/mol. The van der Waals surface area contributed by atoms with Gasteiger partial charge < -0.3 is 4.98 Å². The molecule has 0 fully saturated rings. The summed E-state index contributed by atoms with van der Waals surface area (Å²) in [6.45, 7) is 3.27. The van der Waals surface area contributed by atoms with Crippen LogP contribution >= 0.6 is 0 Å². The van der Waals surface area contributed by atoms with Crippen molar-refractivity contribution in [1.82, 2.24) is 9.97 Å². The molecule has 0 unspecified atom stereocenters. The number of benzene rings is 1. The van der Waals surface area contributed by atoms with Crippen molar-refractivity contribution in [2.75, 3.05) is 0 Å². The van der Waals surface area contributed by atoms with Gasteiger partial charge in [0.25, 0.3) is 5.56 Å². The van der Waals surface area contributed by atoms with Crippen LogP contribution in [0, 0.1) is 24.4 Å². The van der Waals surface area contributed by atoms with Gasteiger partial charge in [0.2, 0.25) is 0 Å². The highest BCUT2D eigenvalue weighted by Gasteiger charge is 2.15. The molecule has 0 bridgehead atoms. The molecule has 0 saturated heterocycles. The summed E-state index contributed by atoms with van der Waals surface area (Å²) in [6.07, 6.45) is 0.467. The summed E-state index contributed by atoms with van der Waals surface area (Å²) in [4.78, 5) is 18.3. The number of hydrogen-bond acceptors (Lipinski definition) is 2. The molecule has 0 radical (unpaired) electrons. The van der Waals surface area contributed by atoms with Crippen LogP contribution in [-0.4, -0.2) is 9.97 Å². The van der Waals surface area contributed by atoms with E-state index < -0.39 is 17.5 Å². The van der Waals surface area contributed by atoms with Gasteiger partial charge in [0.1, 0.15) is 5.82 Å². The van der Waals surface area contributed by atoms with Gasteiger partial charge in [0.05, 0.1) is 5.69 Å². The highest BCUT2D eigenvalue weighted by atomic mass is 19.2. The summed E-state index contributed by atoms with van der Waals surface area (Å²) in [7, 11) is 0. The van der Waals surface area contributed by atoms with E-state index in [1.54, 1.807) is 6.92 Å². The molecule has 0 amide bonds. The van der Waals surface area contributed by atoms with Crippen molar-refractivity contribution in [3.8, 4) is 11.3 Å². The van der Waals surface area contributed by atoms with Gasteiger partial charge in [-0.05, 0) is 19.1 Å². The number of aromatic nitrogens is 2. The lowest BCUT2D eigenvalue weighted by Crippen LogP contribution is -2.15. The molecule has 0 aliphatic rings. The molecule has 1 aromatic carbocycles. The maximum Gasteiger partial charge on any atom is 0.254 e. The van der Waals surface area contributed by atoms with Crippen LogP contribution in [0.25, 0.3) is 11.3 Å². The Balaban J connectivity index is 2.71. The Morgan fingerprint density at radius 2 is 1.79 bits per heavy atom. The normalized spacial score (nSPS) is 10.8. The molecule has 2 aromatic rings. The molecule has 0 spiro atoms. The van der Waals surface area contributed by atoms with Crippen LogP contribution in [0.2, 0.25) is 0 Å². The van der Waals surface area contributed by atoms with Gasteiger partial charge in [-0.1, -0.05) is 6.92 Å². The first-order valence-corrected chi connectivity index (χ1v) is 5.68. The third-order valence-corrected chi connectivity index (χ3v) is 2.79. The van der Waals surface area contributed by atoms with Gasteiger partial charge in [-0.15, -0.1) is 0 Å². The Kier molecular flexibility index (Phi) is 3.42. The molecule has 0 atom stereocenters.